The summed E-state index contributed by atoms with van der Waals surface area (Å²) in [7, 11) is 0. The molecule has 1 amide bonds. The van der Waals surface area contributed by atoms with E-state index < -0.39 is 45.7 Å². The number of carboxylic acid groups (broad SMARTS) is 1. The van der Waals surface area contributed by atoms with Gasteiger partial charge >= 0.3 is 11.7 Å². The molecule has 0 saturated heterocycles. The number of carboxylic acids is 1. The van der Waals surface area contributed by atoms with Crippen LogP contribution in [-0.4, -0.2) is 27.9 Å². The topological polar surface area (TPSA) is 110 Å². The first-order chi connectivity index (χ1) is 8.73. The van der Waals surface area contributed by atoms with Crippen LogP contribution in [0.1, 0.15) is 17.3 Å². The Bertz CT molecular complexity index is 561. The second-order valence-electron chi connectivity index (χ2n) is 3.57. The molecule has 2 N–H and O–H groups in total. The molecule has 1 aromatic rings. The van der Waals surface area contributed by atoms with Crippen molar-refractivity contribution in [2.75, 3.05) is 0 Å². The van der Waals surface area contributed by atoms with Gasteiger partial charge in [0.05, 0.1) is 10.5 Å². The molecule has 1 rings (SSSR count). The Balaban J connectivity index is 3.13. The Kier molecular flexibility index (Phi) is 4.10. The second kappa shape index (κ2) is 5.38. The molecule has 0 fully saturated rings. The first-order valence-corrected chi connectivity index (χ1v) is 4.91. The maximum Gasteiger partial charge on any atom is 0.325 e. The van der Waals surface area contributed by atoms with E-state index in [1.54, 1.807) is 0 Å². The van der Waals surface area contributed by atoms with Crippen LogP contribution in [0, 0.1) is 21.7 Å². The maximum absolute atomic E-state index is 13.3. The molecule has 9 heteroatoms. The lowest BCUT2D eigenvalue weighted by atomic mass is 10.1. The number of nitrogens with one attached hydrogen (secondary N) is 1. The van der Waals surface area contributed by atoms with Crippen molar-refractivity contribution in [2.24, 2.45) is 0 Å². The van der Waals surface area contributed by atoms with Crippen molar-refractivity contribution in [2.45, 2.75) is 13.0 Å². The number of nitro benzene ring substituents is 1. The molecule has 0 unspecified atom stereocenters. The van der Waals surface area contributed by atoms with Gasteiger partial charge in [-0.15, -0.1) is 0 Å². The van der Waals surface area contributed by atoms with Gasteiger partial charge < -0.3 is 10.4 Å². The molecule has 0 saturated carbocycles. The van der Waals surface area contributed by atoms with Gasteiger partial charge in [-0.05, 0) is 6.92 Å². The monoisotopic (exact) mass is 274 g/mol. The number of carbonyl (C=O) groups excluding carboxylic acids is 1. The van der Waals surface area contributed by atoms with Crippen molar-refractivity contribution in [1.29, 1.82) is 0 Å². The molecule has 0 spiro atoms. The minimum Gasteiger partial charge on any atom is -0.480 e. The average Bonchev–Trinajstić information content (AvgIpc) is 2.27. The van der Waals surface area contributed by atoms with Crippen LogP contribution in [0.4, 0.5) is 14.5 Å². The second-order valence-corrected chi connectivity index (χ2v) is 3.57. The third-order valence-corrected chi connectivity index (χ3v) is 2.20. The van der Waals surface area contributed by atoms with Crippen molar-refractivity contribution < 1.29 is 28.4 Å². The average molecular weight is 274 g/mol. The summed E-state index contributed by atoms with van der Waals surface area (Å²) in [6, 6.07) is -0.719. The van der Waals surface area contributed by atoms with Crippen molar-refractivity contribution in [3.05, 3.63) is 39.4 Å². The number of amides is 1. The number of hydrogen-bond donors (Lipinski definition) is 2. The van der Waals surface area contributed by atoms with Gasteiger partial charge in [-0.25, -0.2) is 4.39 Å². The molecule has 7 nitrogen and oxygen atoms in total. The van der Waals surface area contributed by atoms with E-state index >= 15 is 0 Å². The number of halogens is 2. The number of aliphatic carboxylic acids is 1. The molecule has 0 bridgehead atoms. The molecular formula is C10H8F2N2O5. The molecule has 0 aliphatic heterocycles. The van der Waals surface area contributed by atoms with Crippen LogP contribution in [0.2, 0.25) is 0 Å². The fourth-order valence-electron chi connectivity index (χ4n) is 1.19. The first-order valence-electron chi connectivity index (χ1n) is 4.91. The Morgan fingerprint density at radius 2 is 1.95 bits per heavy atom. The van der Waals surface area contributed by atoms with Crippen LogP contribution in [0.5, 0.6) is 0 Å². The minimum atomic E-state index is -1.43. The summed E-state index contributed by atoms with van der Waals surface area (Å²) in [6.07, 6.45) is 0. The summed E-state index contributed by atoms with van der Waals surface area (Å²) in [5.74, 6) is -5.30. The maximum atomic E-state index is 13.3. The van der Waals surface area contributed by atoms with Gasteiger partial charge in [0, 0.05) is 12.1 Å². The normalized spacial score (nSPS) is 11.7. The van der Waals surface area contributed by atoms with Crippen LogP contribution < -0.4 is 5.32 Å². The molecule has 0 aliphatic rings. The van der Waals surface area contributed by atoms with Crippen molar-refractivity contribution >= 4 is 17.6 Å². The zero-order chi connectivity index (χ0) is 14.7. The number of carbonyl (C=O) groups is 2. The lowest BCUT2D eigenvalue weighted by Gasteiger charge is -2.09. The third kappa shape index (κ3) is 3.21. The number of nitrogens with zero attached hydrogens (tertiary/aromatic N) is 1. The van der Waals surface area contributed by atoms with Crippen LogP contribution in [0.15, 0.2) is 12.1 Å². The number of rotatable bonds is 4. The van der Waals surface area contributed by atoms with E-state index in [2.05, 4.69) is 0 Å². The summed E-state index contributed by atoms with van der Waals surface area (Å²) in [5.41, 5.74) is -1.88. The standard InChI is InChI=1S/C10H8F2N2O5/c1-4(10(16)17)13-9(15)5-2-8(14(18)19)7(12)3-6(5)11/h2-4H,1H3,(H,13,15)(H,16,17)/t4-/m1/s1. The first kappa shape index (κ1) is 14.5. The smallest absolute Gasteiger partial charge is 0.325 e. The van der Waals surface area contributed by atoms with Gasteiger partial charge in [0.25, 0.3) is 5.91 Å². The molecule has 102 valence electrons. The molecule has 0 radical (unpaired) electrons. The molecule has 1 atom stereocenters. The van der Waals surface area contributed by atoms with E-state index in [0.717, 1.165) is 6.92 Å². The van der Waals surface area contributed by atoms with Crippen LogP contribution in [0.25, 0.3) is 0 Å². The molecule has 1 aromatic carbocycles. The van der Waals surface area contributed by atoms with Gasteiger partial charge in [0.2, 0.25) is 5.82 Å². The Labute approximate surface area is 105 Å². The number of benzene rings is 1. The van der Waals surface area contributed by atoms with E-state index in [1.807, 2.05) is 5.32 Å². The summed E-state index contributed by atoms with van der Waals surface area (Å²) in [6.45, 7) is 1.12. The largest absolute Gasteiger partial charge is 0.480 e. The summed E-state index contributed by atoms with van der Waals surface area (Å²) < 4.78 is 26.4. The lowest BCUT2D eigenvalue weighted by molar-refractivity contribution is -0.387. The molecule has 0 aliphatic carbocycles. The molecule has 0 heterocycles. The minimum absolute atomic E-state index is 0.193. The van der Waals surface area contributed by atoms with Crippen LogP contribution >= 0.6 is 0 Å². The molecule has 0 aromatic heterocycles. The SMILES string of the molecule is C[C@@H](NC(=O)c1cc([N+](=O)[O-])c(F)cc1F)C(=O)O. The number of nitro groups is 1. The van der Waals surface area contributed by atoms with Crippen LogP contribution in [-0.2, 0) is 4.79 Å². The fourth-order valence-corrected chi connectivity index (χ4v) is 1.19. The van der Waals surface area contributed by atoms with Gasteiger partial charge in [0.1, 0.15) is 11.9 Å². The Morgan fingerprint density at radius 3 is 2.42 bits per heavy atom. The van der Waals surface area contributed by atoms with E-state index in [4.69, 9.17) is 5.11 Å². The summed E-state index contributed by atoms with van der Waals surface area (Å²) in [5, 5.41) is 20.9. The number of hydrogen-bond acceptors (Lipinski definition) is 4. The molecule has 19 heavy (non-hydrogen) atoms. The van der Waals surface area contributed by atoms with Gasteiger partial charge in [-0.3, -0.25) is 19.7 Å². The van der Waals surface area contributed by atoms with Crippen molar-refractivity contribution in [3.8, 4) is 0 Å². The third-order valence-electron chi connectivity index (χ3n) is 2.20. The predicted molar refractivity (Wildman–Crippen MR) is 57.6 cm³/mol. The molecular weight excluding hydrogens is 266 g/mol. The van der Waals surface area contributed by atoms with Gasteiger partial charge in [-0.1, -0.05) is 0 Å². The lowest BCUT2D eigenvalue weighted by Crippen LogP contribution is -2.38. The summed E-state index contributed by atoms with van der Waals surface area (Å²) >= 11 is 0. The van der Waals surface area contributed by atoms with E-state index in [0.29, 0.717) is 6.07 Å². The van der Waals surface area contributed by atoms with E-state index in [-0.39, 0.29) is 6.07 Å². The van der Waals surface area contributed by atoms with Gasteiger partial charge in [0.15, 0.2) is 0 Å². The summed E-state index contributed by atoms with van der Waals surface area (Å²) in [4.78, 5) is 31.3. The predicted octanol–water partition coefficient (Wildman–Crippen LogP) is 1.08. The highest BCUT2D eigenvalue weighted by Gasteiger charge is 2.24. The quantitative estimate of drug-likeness (QED) is 0.630. The van der Waals surface area contributed by atoms with E-state index in [1.165, 1.54) is 0 Å². The van der Waals surface area contributed by atoms with Crippen LogP contribution in [0.3, 0.4) is 0 Å². The zero-order valence-electron chi connectivity index (χ0n) is 9.52. The zero-order valence-corrected chi connectivity index (χ0v) is 9.52. The van der Waals surface area contributed by atoms with Gasteiger partial charge in [-0.2, -0.15) is 4.39 Å². The highest BCUT2D eigenvalue weighted by atomic mass is 19.1. The Hall–Kier alpha value is -2.58. The Morgan fingerprint density at radius 1 is 1.37 bits per heavy atom. The van der Waals surface area contributed by atoms with Crippen molar-refractivity contribution in [3.63, 3.8) is 0 Å². The van der Waals surface area contributed by atoms with Crippen molar-refractivity contribution in [1.82, 2.24) is 5.32 Å². The highest BCUT2D eigenvalue weighted by molar-refractivity contribution is 5.97. The highest BCUT2D eigenvalue weighted by Crippen LogP contribution is 2.21. The fraction of sp³-hybridized carbons (Fsp3) is 0.200. The van der Waals surface area contributed by atoms with E-state index in [9.17, 15) is 28.5 Å².